The molecule has 1 rings (SSSR count). The van der Waals surface area contributed by atoms with Crippen LogP contribution in [0.1, 0.15) is 20.8 Å². The fraction of sp³-hybridized carbons (Fsp3) is 0.615. The van der Waals surface area contributed by atoms with Crippen molar-refractivity contribution in [3.8, 4) is 0 Å². The molecule has 20 heavy (non-hydrogen) atoms. The van der Waals surface area contributed by atoms with Crippen LogP contribution in [0.5, 0.6) is 0 Å². The van der Waals surface area contributed by atoms with Crippen molar-refractivity contribution < 1.29 is 19.5 Å². The fourth-order valence-electron chi connectivity index (χ4n) is 1.95. The molecule has 1 heterocycles. The molecular formula is C13H21N3O4. The molecule has 0 spiro atoms. The van der Waals surface area contributed by atoms with Crippen LogP contribution in [-0.2, 0) is 9.59 Å². The molecule has 3 amide bonds. The van der Waals surface area contributed by atoms with Gasteiger partial charge < -0.3 is 10.0 Å². The Balaban J connectivity index is 2.43. The van der Waals surface area contributed by atoms with Crippen LogP contribution >= 0.6 is 0 Å². The molecule has 0 bridgehead atoms. The molecule has 0 aliphatic carbocycles. The van der Waals surface area contributed by atoms with Crippen molar-refractivity contribution in [3.05, 3.63) is 12.2 Å². The highest BCUT2D eigenvalue weighted by molar-refractivity contribution is 6.02. The number of carbonyl (C=O) groups excluding carboxylic acids is 2. The second-order valence-electron chi connectivity index (χ2n) is 5.61. The normalized spacial score (nSPS) is 17.2. The van der Waals surface area contributed by atoms with Gasteiger partial charge >= 0.3 is 12.0 Å². The monoisotopic (exact) mass is 283 g/mol. The second kappa shape index (κ2) is 6.51. The van der Waals surface area contributed by atoms with Gasteiger partial charge in [-0.2, -0.15) is 0 Å². The Morgan fingerprint density at radius 3 is 2.05 bits per heavy atom. The summed E-state index contributed by atoms with van der Waals surface area (Å²) in [5.74, 6) is -1.96. The summed E-state index contributed by atoms with van der Waals surface area (Å²) in [6.07, 6.45) is 1.52. The van der Waals surface area contributed by atoms with Gasteiger partial charge in [0.1, 0.15) is 0 Å². The van der Waals surface area contributed by atoms with E-state index in [1.807, 2.05) is 0 Å². The maximum absolute atomic E-state index is 11.8. The summed E-state index contributed by atoms with van der Waals surface area (Å²) in [7, 11) is 0. The summed E-state index contributed by atoms with van der Waals surface area (Å²) >= 11 is 0. The van der Waals surface area contributed by atoms with E-state index < -0.39 is 17.9 Å². The molecule has 0 aromatic carbocycles. The SMILES string of the molecule is CC(C)(C)N1CCN(C(=O)NC(=O)C=CC(=O)O)CC1. The Kier molecular flexibility index (Phi) is 5.26. The van der Waals surface area contributed by atoms with Gasteiger partial charge in [0.15, 0.2) is 0 Å². The van der Waals surface area contributed by atoms with E-state index in [-0.39, 0.29) is 5.54 Å². The lowest BCUT2D eigenvalue weighted by molar-refractivity contribution is -0.131. The summed E-state index contributed by atoms with van der Waals surface area (Å²) in [4.78, 5) is 37.2. The van der Waals surface area contributed by atoms with E-state index >= 15 is 0 Å². The van der Waals surface area contributed by atoms with Crippen LogP contribution in [0.15, 0.2) is 12.2 Å². The first-order valence-corrected chi connectivity index (χ1v) is 6.46. The van der Waals surface area contributed by atoms with Gasteiger partial charge in [-0.1, -0.05) is 0 Å². The minimum absolute atomic E-state index is 0.0581. The number of rotatable bonds is 2. The summed E-state index contributed by atoms with van der Waals surface area (Å²) in [5, 5.41) is 10.5. The van der Waals surface area contributed by atoms with E-state index in [4.69, 9.17) is 5.11 Å². The number of piperazine rings is 1. The molecule has 1 aliphatic heterocycles. The third-order valence-corrected chi connectivity index (χ3v) is 3.12. The predicted molar refractivity (Wildman–Crippen MR) is 73.2 cm³/mol. The standard InChI is InChI=1S/C13H21N3O4/c1-13(2,3)16-8-6-15(7-9-16)12(20)14-10(17)4-5-11(18)19/h4-5H,6-9H2,1-3H3,(H,18,19)(H,14,17,20). The van der Waals surface area contributed by atoms with Crippen molar-refractivity contribution in [2.75, 3.05) is 26.2 Å². The lowest BCUT2D eigenvalue weighted by Crippen LogP contribution is -2.56. The largest absolute Gasteiger partial charge is 0.478 e. The van der Waals surface area contributed by atoms with Crippen LogP contribution in [0.3, 0.4) is 0 Å². The summed E-state index contributed by atoms with van der Waals surface area (Å²) < 4.78 is 0. The highest BCUT2D eigenvalue weighted by atomic mass is 16.4. The number of amides is 3. The zero-order valence-corrected chi connectivity index (χ0v) is 12.0. The molecule has 0 aromatic rings. The molecule has 0 saturated carbocycles. The van der Waals surface area contributed by atoms with Crippen LogP contribution in [0.25, 0.3) is 0 Å². The molecule has 112 valence electrons. The summed E-state index contributed by atoms with van der Waals surface area (Å²) in [6.45, 7) is 8.92. The quantitative estimate of drug-likeness (QED) is 0.710. The van der Waals surface area contributed by atoms with Crippen LogP contribution in [-0.4, -0.2) is 64.5 Å². The number of nitrogens with zero attached hydrogens (tertiary/aromatic N) is 2. The topological polar surface area (TPSA) is 90.0 Å². The Morgan fingerprint density at radius 1 is 1.05 bits per heavy atom. The van der Waals surface area contributed by atoms with Gasteiger partial charge in [0.05, 0.1) is 0 Å². The van der Waals surface area contributed by atoms with E-state index in [1.54, 1.807) is 4.90 Å². The predicted octanol–water partition coefficient (Wildman–Crippen LogP) is 0.280. The van der Waals surface area contributed by atoms with E-state index in [0.29, 0.717) is 19.2 Å². The number of hydrogen-bond donors (Lipinski definition) is 2. The first-order valence-electron chi connectivity index (χ1n) is 6.46. The van der Waals surface area contributed by atoms with Gasteiger partial charge in [-0.15, -0.1) is 0 Å². The molecule has 0 unspecified atom stereocenters. The second-order valence-corrected chi connectivity index (χ2v) is 5.61. The molecule has 0 aromatic heterocycles. The van der Waals surface area contributed by atoms with Crippen LogP contribution < -0.4 is 5.32 Å². The van der Waals surface area contributed by atoms with Crippen molar-refractivity contribution in [2.24, 2.45) is 0 Å². The van der Waals surface area contributed by atoms with E-state index in [0.717, 1.165) is 19.2 Å². The minimum atomic E-state index is -1.23. The van der Waals surface area contributed by atoms with Gasteiger partial charge in [0.25, 0.3) is 5.91 Å². The van der Waals surface area contributed by atoms with Crippen LogP contribution in [0, 0.1) is 0 Å². The number of imide groups is 1. The number of carboxylic acid groups (broad SMARTS) is 1. The first-order chi connectivity index (χ1) is 9.20. The average molecular weight is 283 g/mol. The number of nitrogens with one attached hydrogen (secondary N) is 1. The number of carbonyl (C=O) groups is 3. The van der Waals surface area contributed by atoms with Crippen molar-refractivity contribution in [2.45, 2.75) is 26.3 Å². The Hall–Kier alpha value is -1.89. The Bertz CT molecular complexity index is 418. The van der Waals surface area contributed by atoms with Crippen molar-refractivity contribution in [1.82, 2.24) is 15.1 Å². The van der Waals surface area contributed by atoms with Crippen molar-refractivity contribution in [3.63, 3.8) is 0 Å². The Labute approximate surface area is 118 Å². The van der Waals surface area contributed by atoms with E-state index in [2.05, 4.69) is 31.0 Å². The third-order valence-electron chi connectivity index (χ3n) is 3.12. The first kappa shape index (κ1) is 16.2. The number of carboxylic acids is 1. The van der Waals surface area contributed by atoms with E-state index in [9.17, 15) is 14.4 Å². The maximum Gasteiger partial charge on any atom is 0.328 e. The third kappa shape index (κ3) is 5.00. The summed E-state index contributed by atoms with van der Waals surface area (Å²) in [6, 6.07) is -0.487. The van der Waals surface area contributed by atoms with E-state index in [1.165, 1.54) is 0 Å². The maximum atomic E-state index is 11.8. The molecule has 1 saturated heterocycles. The summed E-state index contributed by atoms with van der Waals surface area (Å²) in [5.41, 5.74) is 0.0581. The van der Waals surface area contributed by atoms with Crippen molar-refractivity contribution >= 4 is 17.9 Å². The van der Waals surface area contributed by atoms with Crippen LogP contribution in [0.4, 0.5) is 4.79 Å². The minimum Gasteiger partial charge on any atom is -0.478 e. The molecule has 7 heteroatoms. The highest BCUT2D eigenvalue weighted by Gasteiger charge is 2.28. The van der Waals surface area contributed by atoms with Gasteiger partial charge in [-0.3, -0.25) is 15.0 Å². The van der Waals surface area contributed by atoms with Gasteiger partial charge in [-0.25, -0.2) is 9.59 Å². The van der Waals surface area contributed by atoms with Crippen molar-refractivity contribution in [1.29, 1.82) is 0 Å². The molecule has 1 fully saturated rings. The zero-order chi connectivity index (χ0) is 15.3. The van der Waals surface area contributed by atoms with Gasteiger partial charge in [0, 0.05) is 43.9 Å². The number of hydrogen-bond acceptors (Lipinski definition) is 4. The number of urea groups is 1. The van der Waals surface area contributed by atoms with Crippen LogP contribution in [0.2, 0.25) is 0 Å². The molecule has 0 atom stereocenters. The molecular weight excluding hydrogens is 262 g/mol. The lowest BCUT2D eigenvalue weighted by Gasteiger charge is -2.42. The van der Waals surface area contributed by atoms with Gasteiger partial charge in [-0.05, 0) is 20.8 Å². The lowest BCUT2D eigenvalue weighted by atomic mass is 10.1. The highest BCUT2D eigenvalue weighted by Crippen LogP contribution is 2.15. The fourth-order valence-corrected chi connectivity index (χ4v) is 1.95. The number of aliphatic carboxylic acids is 1. The Morgan fingerprint density at radius 2 is 1.60 bits per heavy atom. The molecule has 2 N–H and O–H groups in total. The smallest absolute Gasteiger partial charge is 0.328 e. The molecule has 7 nitrogen and oxygen atoms in total. The molecule has 1 aliphatic rings. The van der Waals surface area contributed by atoms with Gasteiger partial charge in [0.2, 0.25) is 0 Å². The molecule has 0 radical (unpaired) electrons. The zero-order valence-electron chi connectivity index (χ0n) is 12.0. The average Bonchev–Trinajstić information content (AvgIpc) is 2.35.